The number of rotatable bonds is 3. The van der Waals surface area contributed by atoms with Gasteiger partial charge in [-0.25, -0.2) is 4.79 Å². The first kappa shape index (κ1) is 12.0. The van der Waals surface area contributed by atoms with E-state index in [4.69, 9.17) is 11.8 Å². The van der Waals surface area contributed by atoms with Crippen LogP contribution in [-0.2, 0) is 0 Å². The van der Waals surface area contributed by atoms with Crippen molar-refractivity contribution < 1.29 is 4.92 Å². The molecule has 0 aliphatic rings. The zero-order valence-electron chi connectivity index (χ0n) is 8.75. The Bertz CT molecular complexity index is 639. The Labute approximate surface area is 105 Å². The third-order valence-corrected chi connectivity index (χ3v) is 2.26. The number of aromatic amines is 1. The predicted molar refractivity (Wildman–Crippen MR) is 64.2 cm³/mol. The Balaban J connectivity index is 2.45. The quantitative estimate of drug-likeness (QED) is 0.492. The number of nitrogens with zero attached hydrogens (tertiary/aromatic N) is 3. The summed E-state index contributed by atoms with van der Waals surface area (Å²) in [5.74, 6) is 0.168. The van der Waals surface area contributed by atoms with E-state index >= 15 is 0 Å². The first-order valence-corrected chi connectivity index (χ1v) is 5.08. The van der Waals surface area contributed by atoms with Crippen LogP contribution in [0.25, 0.3) is 11.4 Å². The molecular weight excluding hydrogens is 262 g/mol. The SMILES string of the molecule is O=c1nc(NCl)nc(-c2ccc([N+](=O)[O-])cc2)[nH]1. The highest BCUT2D eigenvalue weighted by Gasteiger charge is 2.08. The van der Waals surface area contributed by atoms with E-state index in [1.165, 1.54) is 24.3 Å². The molecule has 0 amide bonds. The molecule has 0 aliphatic heterocycles. The van der Waals surface area contributed by atoms with E-state index in [2.05, 4.69) is 19.8 Å². The lowest BCUT2D eigenvalue weighted by Crippen LogP contribution is -2.14. The number of anilines is 1. The van der Waals surface area contributed by atoms with Crippen LogP contribution in [0.1, 0.15) is 0 Å². The number of non-ortho nitro benzene ring substituents is 1. The largest absolute Gasteiger partial charge is 0.349 e. The Hall–Kier alpha value is -2.48. The van der Waals surface area contributed by atoms with Gasteiger partial charge < -0.3 is 0 Å². The van der Waals surface area contributed by atoms with Gasteiger partial charge in [-0.3, -0.25) is 19.9 Å². The lowest BCUT2D eigenvalue weighted by molar-refractivity contribution is -0.384. The van der Waals surface area contributed by atoms with Crippen molar-refractivity contribution in [2.24, 2.45) is 0 Å². The molecule has 1 heterocycles. The Kier molecular flexibility index (Phi) is 3.20. The Morgan fingerprint density at radius 3 is 2.50 bits per heavy atom. The Morgan fingerprint density at radius 1 is 1.28 bits per heavy atom. The molecule has 8 nitrogen and oxygen atoms in total. The molecule has 0 saturated heterocycles. The van der Waals surface area contributed by atoms with Gasteiger partial charge in [-0.1, -0.05) is 0 Å². The van der Waals surface area contributed by atoms with Crippen molar-refractivity contribution in [3.05, 3.63) is 44.9 Å². The van der Waals surface area contributed by atoms with Crippen molar-refractivity contribution in [3.8, 4) is 11.4 Å². The van der Waals surface area contributed by atoms with E-state index in [9.17, 15) is 14.9 Å². The summed E-state index contributed by atoms with van der Waals surface area (Å²) >= 11 is 5.31. The Morgan fingerprint density at radius 2 is 1.94 bits per heavy atom. The first-order valence-electron chi connectivity index (χ1n) is 4.70. The van der Waals surface area contributed by atoms with Gasteiger partial charge in [0.1, 0.15) is 5.82 Å². The van der Waals surface area contributed by atoms with Crippen LogP contribution in [0.2, 0.25) is 0 Å². The topological polar surface area (TPSA) is 114 Å². The molecule has 2 N–H and O–H groups in total. The van der Waals surface area contributed by atoms with E-state index in [1.54, 1.807) is 0 Å². The van der Waals surface area contributed by atoms with Crippen LogP contribution in [0.5, 0.6) is 0 Å². The van der Waals surface area contributed by atoms with Crippen molar-refractivity contribution in [1.29, 1.82) is 0 Å². The average Bonchev–Trinajstić information content (AvgIpc) is 2.38. The van der Waals surface area contributed by atoms with Crippen LogP contribution in [0.4, 0.5) is 11.6 Å². The number of hydrogen-bond donors (Lipinski definition) is 2. The number of benzene rings is 1. The summed E-state index contributed by atoms with van der Waals surface area (Å²) in [4.78, 5) is 33.1. The van der Waals surface area contributed by atoms with E-state index < -0.39 is 10.6 Å². The second kappa shape index (κ2) is 4.80. The van der Waals surface area contributed by atoms with Crippen molar-refractivity contribution in [3.63, 3.8) is 0 Å². The summed E-state index contributed by atoms with van der Waals surface area (Å²) < 4.78 is 0. The van der Waals surface area contributed by atoms with Crippen LogP contribution >= 0.6 is 11.8 Å². The van der Waals surface area contributed by atoms with Gasteiger partial charge in [-0.05, 0) is 12.1 Å². The highest BCUT2D eigenvalue weighted by Crippen LogP contribution is 2.18. The van der Waals surface area contributed by atoms with Gasteiger partial charge in [0.2, 0.25) is 5.95 Å². The minimum Gasteiger partial charge on any atom is -0.290 e. The number of halogens is 1. The molecule has 0 saturated carbocycles. The van der Waals surface area contributed by atoms with Crippen LogP contribution in [0, 0.1) is 10.1 Å². The minimum atomic E-state index is -0.624. The van der Waals surface area contributed by atoms with Crippen LogP contribution in [-0.4, -0.2) is 19.9 Å². The maximum absolute atomic E-state index is 11.2. The van der Waals surface area contributed by atoms with Gasteiger partial charge in [0.15, 0.2) is 0 Å². The zero-order chi connectivity index (χ0) is 13.1. The van der Waals surface area contributed by atoms with Crippen LogP contribution in [0.15, 0.2) is 29.1 Å². The standard InChI is InChI=1S/C9H6ClN5O3/c10-14-8-11-7(12-9(16)13-8)5-1-3-6(4-2-5)15(17)18/h1-4H,(H2,11,12,13,14,16). The van der Waals surface area contributed by atoms with Gasteiger partial charge in [0.05, 0.1) is 4.92 Å². The monoisotopic (exact) mass is 267 g/mol. The summed E-state index contributed by atoms with van der Waals surface area (Å²) in [6.45, 7) is 0. The molecule has 0 unspecified atom stereocenters. The minimum absolute atomic E-state index is 0.0474. The molecule has 92 valence electrons. The number of nitrogens with one attached hydrogen (secondary N) is 2. The summed E-state index contributed by atoms with van der Waals surface area (Å²) in [5, 5.41) is 10.5. The van der Waals surface area contributed by atoms with Gasteiger partial charge in [-0.15, -0.1) is 0 Å². The van der Waals surface area contributed by atoms with Crippen molar-refractivity contribution in [1.82, 2.24) is 15.0 Å². The maximum Gasteiger partial charge on any atom is 0.349 e. The average molecular weight is 268 g/mol. The smallest absolute Gasteiger partial charge is 0.290 e. The van der Waals surface area contributed by atoms with Crippen molar-refractivity contribution in [2.45, 2.75) is 0 Å². The third kappa shape index (κ3) is 2.43. The number of H-pyrrole nitrogens is 1. The molecule has 0 radical (unpaired) electrons. The fourth-order valence-corrected chi connectivity index (χ4v) is 1.39. The van der Waals surface area contributed by atoms with Crippen molar-refractivity contribution in [2.75, 3.05) is 4.84 Å². The lowest BCUT2D eigenvalue weighted by atomic mass is 10.2. The fraction of sp³-hybridized carbons (Fsp3) is 0. The van der Waals surface area contributed by atoms with Crippen molar-refractivity contribution >= 4 is 23.4 Å². The maximum atomic E-state index is 11.2. The van der Waals surface area contributed by atoms with Crippen LogP contribution < -0.4 is 10.5 Å². The number of aromatic nitrogens is 3. The van der Waals surface area contributed by atoms with Gasteiger partial charge in [0, 0.05) is 29.5 Å². The van der Waals surface area contributed by atoms with Gasteiger partial charge in [-0.2, -0.15) is 9.97 Å². The molecule has 0 bridgehead atoms. The van der Waals surface area contributed by atoms with E-state index in [0.717, 1.165) is 0 Å². The second-order valence-corrected chi connectivity index (χ2v) is 3.41. The van der Waals surface area contributed by atoms with Gasteiger partial charge in [0.25, 0.3) is 5.69 Å². The highest BCUT2D eigenvalue weighted by molar-refractivity contribution is 6.23. The summed E-state index contributed by atoms with van der Waals surface area (Å²) in [6, 6.07) is 5.55. The first-order chi connectivity index (χ1) is 8.60. The molecule has 1 aromatic carbocycles. The number of nitro benzene ring substituents is 1. The van der Waals surface area contributed by atoms with Gasteiger partial charge >= 0.3 is 5.69 Å². The number of nitro groups is 1. The van der Waals surface area contributed by atoms with E-state index in [1.807, 2.05) is 0 Å². The third-order valence-electron chi connectivity index (χ3n) is 2.09. The highest BCUT2D eigenvalue weighted by atomic mass is 35.5. The van der Waals surface area contributed by atoms with E-state index in [0.29, 0.717) is 5.56 Å². The molecule has 9 heteroatoms. The molecule has 0 aliphatic carbocycles. The van der Waals surface area contributed by atoms with E-state index in [-0.39, 0.29) is 17.5 Å². The summed E-state index contributed by atoms with van der Waals surface area (Å²) in [5.41, 5.74) is -0.166. The molecule has 1 aromatic heterocycles. The number of hydrogen-bond acceptors (Lipinski definition) is 6. The molecule has 18 heavy (non-hydrogen) atoms. The molecule has 0 spiro atoms. The lowest BCUT2D eigenvalue weighted by Gasteiger charge is -2.01. The summed E-state index contributed by atoms with van der Waals surface area (Å²) in [6.07, 6.45) is 0. The molecule has 2 rings (SSSR count). The second-order valence-electron chi connectivity index (χ2n) is 3.22. The van der Waals surface area contributed by atoms with Crippen LogP contribution in [0.3, 0.4) is 0 Å². The predicted octanol–water partition coefficient (Wildman–Crippen LogP) is 1.31. The zero-order valence-corrected chi connectivity index (χ0v) is 9.51. The normalized spacial score (nSPS) is 10.1. The fourth-order valence-electron chi connectivity index (χ4n) is 1.30. The molecule has 0 fully saturated rings. The summed E-state index contributed by atoms with van der Waals surface area (Å²) in [7, 11) is 0. The molecule has 2 aromatic rings. The molecular formula is C9H6ClN5O3. The molecule has 0 atom stereocenters.